The third-order valence-corrected chi connectivity index (χ3v) is 3.08. The van der Waals surface area contributed by atoms with Crippen molar-refractivity contribution >= 4 is 12.0 Å². The molecule has 0 unspecified atom stereocenters. The van der Waals surface area contributed by atoms with Gasteiger partial charge in [0.2, 0.25) is 5.76 Å². The maximum atomic E-state index is 10.8. The molecular weight excluding hydrogens is 282 g/mol. The summed E-state index contributed by atoms with van der Waals surface area (Å²) in [5.41, 5.74) is 3.14. The summed E-state index contributed by atoms with van der Waals surface area (Å²) in [4.78, 5) is 19.1. The van der Waals surface area contributed by atoms with Crippen molar-refractivity contribution in [3.05, 3.63) is 60.6 Å². The first-order valence-corrected chi connectivity index (χ1v) is 6.42. The Morgan fingerprint density at radius 1 is 1.14 bits per heavy atom. The van der Waals surface area contributed by atoms with Gasteiger partial charge < -0.3 is 9.63 Å². The largest absolute Gasteiger partial charge is 0.475 e. The summed E-state index contributed by atoms with van der Waals surface area (Å²) in [6.45, 7) is 3.71. The van der Waals surface area contributed by atoms with Crippen molar-refractivity contribution < 1.29 is 14.4 Å². The van der Waals surface area contributed by atoms with Gasteiger partial charge >= 0.3 is 5.97 Å². The Balaban J connectivity index is 1.87. The van der Waals surface area contributed by atoms with E-state index >= 15 is 0 Å². The Labute approximate surface area is 125 Å². The molecule has 22 heavy (non-hydrogen) atoms. The first kappa shape index (κ1) is 13.7. The van der Waals surface area contributed by atoms with Gasteiger partial charge in [-0.3, -0.25) is 0 Å². The lowest BCUT2D eigenvalue weighted by atomic mass is 10.1. The summed E-state index contributed by atoms with van der Waals surface area (Å²) in [6.07, 6.45) is 5.08. The second-order valence-electron chi connectivity index (χ2n) is 4.50. The molecular formula is C16H11N3O3. The fourth-order valence-corrected chi connectivity index (χ4v) is 1.90. The van der Waals surface area contributed by atoms with Crippen LogP contribution in [0.15, 0.2) is 53.8 Å². The van der Waals surface area contributed by atoms with Crippen LogP contribution in [0.5, 0.6) is 0 Å². The van der Waals surface area contributed by atoms with Crippen molar-refractivity contribution in [2.24, 2.45) is 0 Å². The van der Waals surface area contributed by atoms with Crippen molar-refractivity contribution in [2.75, 3.05) is 0 Å². The summed E-state index contributed by atoms with van der Waals surface area (Å²) in [7, 11) is 0. The second-order valence-corrected chi connectivity index (χ2v) is 4.50. The zero-order valence-electron chi connectivity index (χ0n) is 11.4. The monoisotopic (exact) mass is 293 g/mol. The van der Waals surface area contributed by atoms with E-state index in [1.54, 1.807) is 18.5 Å². The molecule has 0 saturated carbocycles. The SMILES string of the molecule is C=Cc1ccc(-c2cnc(-c3cc(C(=O)O)on3)nc2)cc1. The Morgan fingerprint density at radius 2 is 1.82 bits per heavy atom. The Kier molecular flexibility index (Phi) is 3.49. The van der Waals surface area contributed by atoms with Gasteiger partial charge in [-0.2, -0.15) is 0 Å². The lowest BCUT2D eigenvalue weighted by Gasteiger charge is -2.02. The number of benzene rings is 1. The zero-order chi connectivity index (χ0) is 15.5. The Morgan fingerprint density at radius 3 is 2.36 bits per heavy atom. The summed E-state index contributed by atoms with van der Waals surface area (Å²) in [5.74, 6) is -1.12. The van der Waals surface area contributed by atoms with Crippen LogP contribution in [0.2, 0.25) is 0 Å². The van der Waals surface area contributed by atoms with Crippen LogP contribution in [0.25, 0.3) is 28.7 Å². The van der Waals surface area contributed by atoms with E-state index in [0.29, 0.717) is 5.82 Å². The van der Waals surface area contributed by atoms with Crippen LogP contribution >= 0.6 is 0 Å². The van der Waals surface area contributed by atoms with E-state index in [9.17, 15) is 4.79 Å². The van der Waals surface area contributed by atoms with Crippen LogP contribution in [0.3, 0.4) is 0 Å². The predicted molar refractivity (Wildman–Crippen MR) is 80.0 cm³/mol. The van der Waals surface area contributed by atoms with E-state index in [4.69, 9.17) is 5.11 Å². The fourth-order valence-electron chi connectivity index (χ4n) is 1.90. The third kappa shape index (κ3) is 2.62. The van der Waals surface area contributed by atoms with Crippen LogP contribution in [0.4, 0.5) is 0 Å². The molecule has 3 rings (SSSR count). The molecule has 0 aliphatic heterocycles. The van der Waals surface area contributed by atoms with Crippen LogP contribution < -0.4 is 0 Å². The molecule has 0 fully saturated rings. The van der Waals surface area contributed by atoms with Crippen molar-refractivity contribution in [3.8, 4) is 22.6 Å². The normalized spacial score (nSPS) is 10.4. The van der Waals surface area contributed by atoms with Gasteiger partial charge in [0.1, 0.15) is 0 Å². The highest BCUT2D eigenvalue weighted by molar-refractivity contribution is 5.85. The summed E-state index contributed by atoms with van der Waals surface area (Å²) >= 11 is 0. The number of nitrogens with zero attached hydrogens (tertiary/aromatic N) is 3. The molecule has 3 aromatic rings. The molecule has 0 atom stereocenters. The molecule has 0 spiro atoms. The second kappa shape index (κ2) is 5.61. The molecule has 0 saturated heterocycles. The molecule has 2 aromatic heterocycles. The fraction of sp³-hybridized carbons (Fsp3) is 0. The Bertz CT molecular complexity index is 821. The van der Waals surface area contributed by atoms with E-state index in [1.165, 1.54) is 6.07 Å². The van der Waals surface area contributed by atoms with E-state index in [0.717, 1.165) is 16.7 Å². The van der Waals surface area contributed by atoms with Crippen molar-refractivity contribution in [3.63, 3.8) is 0 Å². The van der Waals surface area contributed by atoms with Crippen molar-refractivity contribution in [2.45, 2.75) is 0 Å². The minimum absolute atomic E-state index is 0.248. The number of aromatic carboxylic acids is 1. The number of carbonyl (C=O) groups is 1. The van der Waals surface area contributed by atoms with Crippen LogP contribution in [-0.4, -0.2) is 26.2 Å². The average molecular weight is 293 g/mol. The number of carboxylic acids is 1. The number of hydrogen-bond donors (Lipinski definition) is 1. The van der Waals surface area contributed by atoms with Gasteiger partial charge in [-0.15, -0.1) is 0 Å². The first-order chi connectivity index (χ1) is 10.7. The predicted octanol–water partition coefficient (Wildman–Crippen LogP) is 3.14. The molecule has 2 heterocycles. The maximum Gasteiger partial charge on any atom is 0.374 e. The van der Waals surface area contributed by atoms with Gasteiger partial charge in [0, 0.05) is 24.0 Å². The van der Waals surface area contributed by atoms with Crippen LogP contribution in [-0.2, 0) is 0 Å². The quantitative estimate of drug-likeness (QED) is 0.794. The van der Waals surface area contributed by atoms with Gasteiger partial charge in [0.25, 0.3) is 0 Å². The smallest absolute Gasteiger partial charge is 0.374 e. The molecule has 108 valence electrons. The molecule has 1 N–H and O–H groups in total. The van der Waals surface area contributed by atoms with Gasteiger partial charge in [-0.05, 0) is 11.1 Å². The molecule has 6 heteroatoms. The number of hydrogen-bond acceptors (Lipinski definition) is 5. The average Bonchev–Trinajstić information content (AvgIpc) is 3.05. The molecule has 0 amide bonds. The zero-order valence-corrected chi connectivity index (χ0v) is 11.4. The third-order valence-electron chi connectivity index (χ3n) is 3.08. The van der Waals surface area contributed by atoms with Gasteiger partial charge in [-0.25, -0.2) is 14.8 Å². The highest BCUT2D eigenvalue weighted by Crippen LogP contribution is 2.21. The minimum Gasteiger partial charge on any atom is -0.475 e. The molecule has 0 aliphatic carbocycles. The lowest BCUT2D eigenvalue weighted by molar-refractivity contribution is 0.0652. The molecule has 6 nitrogen and oxygen atoms in total. The number of aromatic nitrogens is 3. The van der Waals surface area contributed by atoms with E-state index in [1.807, 2.05) is 24.3 Å². The van der Waals surface area contributed by atoms with E-state index in [2.05, 4.69) is 26.2 Å². The van der Waals surface area contributed by atoms with E-state index in [-0.39, 0.29) is 11.5 Å². The Hall–Kier alpha value is -3.28. The maximum absolute atomic E-state index is 10.8. The summed E-state index contributed by atoms with van der Waals surface area (Å²) in [6, 6.07) is 9.10. The minimum atomic E-state index is -1.18. The van der Waals surface area contributed by atoms with Gasteiger partial charge in [0.05, 0.1) is 0 Å². The van der Waals surface area contributed by atoms with Crippen LogP contribution in [0, 0.1) is 0 Å². The first-order valence-electron chi connectivity index (χ1n) is 6.42. The standard InChI is InChI=1S/C16H11N3O3/c1-2-10-3-5-11(6-4-10)12-8-17-15(18-9-12)13-7-14(16(20)21)22-19-13/h2-9H,1H2,(H,20,21). The van der Waals surface area contributed by atoms with Gasteiger partial charge in [-0.1, -0.05) is 42.1 Å². The van der Waals surface area contributed by atoms with Crippen molar-refractivity contribution in [1.29, 1.82) is 0 Å². The lowest BCUT2D eigenvalue weighted by Crippen LogP contribution is -1.92. The summed E-state index contributed by atoms with van der Waals surface area (Å²) in [5, 5.41) is 12.4. The van der Waals surface area contributed by atoms with E-state index < -0.39 is 5.97 Å². The van der Waals surface area contributed by atoms with Crippen LogP contribution in [0.1, 0.15) is 16.1 Å². The van der Waals surface area contributed by atoms with Crippen molar-refractivity contribution in [1.82, 2.24) is 15.1 Å². The molecule has 0 aliphatic rings. The highest BCUT2D eigenvalue weighted by Gasteiger charge is 2.14. The molecule has 1 aromatic carbocycles. The highest BCUT2D eigenvalue weighted by atomic mass is 16.5. The molecule has 0 bridgehead atoms. The van der Waals surface area contributed by atoms with Gasteiger partial charge in [0.15, 0.2) is 11.5 Å². The molecule has 0 radical (unpaired) electrons. The number of rotatable bonds is 4. The number of carboxylic acid groups (broad SMARTS) is 1. The topological polar surface area (TPSA) is 89.1 Å². The summed E-state index contributed by atoms with van der Waals surface area (Å²) < 4.78 is 4.68.